The second-order valence-corrected chi connectivity index (χ2v) is 8.89. The lowest BCUT2D eigenvalue weighted by molar-refractivity contribution is 0.424. The van der Waals surface area contributed by atoms with E-state index in [2.05, 4.69) is 23.7 Å². The van der Waals surface area contributed by atoms with Crippen LogP contribution < -0.4 is 4.72 Å². The Kier molecular flexibility index (Phi) is 4.96. The first-order chi connectivity index (χ1) is 11.9. The van der Waals surface area contributed by atoms with Crippen LogP contribution in [0.4, 0.5) is 5.69 Å². The van der Waals surface area contributed by atoms with Gasteiger partial charge >= 0.3 is 0 Å². The Morgan fingerprint density at radius 1 is 1.20 bits per heavy atom. The van der Waals surface area contributed by atoms with Gasteiger partial charge in [-0.2, -0.15) is 0 Å². The maximum atomic E-state index is 12.6. The molecule has 3 aromatic rings. The molecule has 25 heavy (non-hydrogen) atoms. The molecule has 5 nitrogen and oxygen atoms in total. The third kappa shape index (κ3) is 3.93. The molecule has 3 rings (SSSR count). The molecule has 2 aromatic heterocycles. The van der Waals surface area contributed by atoms with Crippen molar-refractivity contribution in [3.8, 4) is 11.3 Å². The van der Waals surface area contributed by atoms with Gasteiger partial charge in [0.15, 0.2) is 5.76 Å². The summed E-state index contributed by atoms with van der Waals surface area (Å²) in [5.74, 6) is 0.983. The molecular formula is C18H20N2O3S2. The number of benzene rings is 1. The van der Waals surface area contributed by atoms with E-state index in [1.807, 2.05) is 25.1 Å². The van der Waals surface area contributed by atoms with Crippen LogP contribution in [-0.4, -0.2) is 13.6 Å². The highest BCUT2D eigenvalue weighted by Gasteiger charge is 2.19. The van der Waals surface area contributed by atoms with Crippen LogP contribution in [0.25, 0.3) is 11.3 Å². The van der Waals surface area contributed by atoms with E-state index in [9.17, 15) is 8.42 Å². The number of nitrogens with one attached hydrogen (secondary N) is 1. The summed E-state index contributed by atoms with van der Waals surface area (Å²) < 4.78 is 33.3. The highest BCUT2D eigenvalue weighted by atomic mass is 32.2. The van der Waals surface area contributed by atoms with Gasteiger partial charge in [0, 0.05) is 22.7 Å². The fourth-order valence-corrected chi connectivity index (χ4v) is 4.57. The lowest BCUT2D eigenvalue weighted by Gasteiger charge is -2.09. The predicted molar refractivity (Wildman–Crippen MR) is 101 cm³/mol. The number of nitrogens with zero attached hydrogens (tertiary/aromatic N) is 1. The zero-order chi connectivity index (χ0) is 18.0. The minimum atomic E-state index is -3.63. The largest absolute Gasteiger partial charge is 0.356 e. The van der Waals surface area contributed by atoms with Crippen LogP contribution in [0, 0.1) is 0 Å². The fourth-order valence-electron chi connectivity index (χ4n) is 2.34. The lowest BCUT2D eigenvalue weighted by Crippen LogP contribution is -2.11. The first-order valence-corrected chi connectivity index (χ1v) is 10.4. The van der Waals surface area contributed by atoms with Gasteiger partial charge in [0.25, 0.3) is 10.0 Å². The van der Waals surface area contributed by atoms with Crippen LogP contribution in [0.15, 0.2) is 50.5 Å². The first kappa shape index (κ1) is 17.7. The van der Waals surface area contributed by atoms with Crippen molar-refractivity contribution < 1.29 is 12.9 Å². The standard InChI is InChI=1S/C18H20N2O3S2/c1-4-15-10-17(23-19-15)14-9-18(24-11-14)25(21,22)20-16-7-5-13(6-8-16)12(2)3/h5-12,20H,4H2,1-3H3. The Morgan fingerprint density at radius 3 is 2.52 bits per heavy atom. The van der Waals surface area contributed by atoms with E-state index in [0.29, 0.717) is 22.9 Å². The summed E-state index contributed by atoms with van der Waals surface area (Å²) in [7, 11) is -3.63. The fraction of sp³-hybridized carbons (Fsp3) is 0.278. The zero-order valence-electron chi connectivity index (χ0n) is 14.3. The van der Waals surface area contributed by atoms with Gasteiger partial charge in [-0.3, -0.25) is 4.72 Å². The first-order valence-electron chi connectivity index (χ1n) is 8.06. The van der Waals surface area contributed by atoms with Crippen LogP contribution in [0.5, 0.6) is 0 Å². The van der Waals surface area contributed by atoms with Gasteiger partial charge in [-0.25, -0.2) is 8.42 Å². The van der Waals surface area contributed by atoms with Crippen molar-refractivity contribution in [2.24, 2.45) is 0 Å². The average molecular weight is 377 g/mol. The third-order valence-corrected chi connectivity index (χ3v) is 6.70. The Bertz CT molecular complexity index is 954. The lowest BCUT2D eigenvalue weighted by atomic mass is 10.0. The van der Waals surface area contributed by atoms with Gasteiger partial charge in [-0.05, 0) is 36.1 Å². The summed E-state index contributed by atoms with van der Waals surface area (Å²) in [5, 5.41) is 5.70. The molecule has 0 aliphatic carbocycles. The van der Waals surface area contributed by atoms with Gasteiger partial charge in [0.05, 0.1) is 5.69 Å². The maximum Gasteiger partial charge on any atom is 0.271 e. The molecule has 0 aliphatic heterocycles. The summed E-state index contributed by atoms with van der Waals surface area (Å²) in [6, 6.07) is 10.9. The molecule has 132 valence electrons. The molecule has 0 unspecified atom stereocenters. The number of thiophene rings is 1. The molecule has 0 fully saturated rings. The molecule has 0 saturated heterocycles. The molecule has 7 heteroatoms. The van der Waals surface area contributed by atoms with Gasteiger partial charge < -0.3 is 4.52 Å². The summed E-state index contributed by atoms with van der Waals surface area (Å²) in [5.41, 5.74) is 3.27. The van der Waals surface area contributed by atoms with E-state index in [0.717, 1.165) is 23.5 Å². The van der Waals surface area contributed by atoms with Crippen molar-refractivity contribution in [1.82, 2.24) is 5.16 Å². The number of aryl methyl sites for hydroxylation is 1. The van der Waals surface area contributed by atoms with Crippen LogP contribution in [0.3, 0.4) is 0 Å². The summed E-state index contributed by atoms with van der Waals surface area (Å²) in [4.78, 5) is 0. The van der Waals surface area contributed by atoms with E-state index in [1.54, 1.807) is 23.6 Å². The highest BCUT2D eigenvalue weighted by Crippen LogP contribution is 2.30. The molecule has 0 radical (unpaired) electrons. The zero-order valence-corrected chi connectivity index (χ0v) is 15.9. The van der Waals surface area contributed by atoms with E-state index >= 15 is 0 Å². The monoisotopic (exact) mass is 376 g/mol. The summed E-state index contributed by atoms with van der Waals surface area (Å²) >= 11 is 1.16. The molecular weight excluding hydrogens is 356 g/mol. The third-order valence-electron chi connectivity index (χ3n) is 3.88. The van der Waals surface area contributed by atoms with Crippen molar-refractivity contribution in [2.45, 2.75) is 37.3 Å². The van der Waals surface area contributed by atoms with E-state index in [1.165, 1.54) is 5.56 Å². The van der Waals surface area contributed by atoms with E-state index in [-0.39, 0.29) is 4.21 Å². The van der Waals surface area contributed by atoms with Crippen LogP contribution >= 0.6 is 11.3 Å². The number of aromatic nitrogens is 1. The second-order valence-electron chi connectivity index (χ2n) is 6.07. The quantitative estimate of drug-likeness (QED) is 0.665. The molecule has 0 aliphatic rings. The SMILES string of the molecule is CCc1cc(-c2csc(S(=O)(=O)Nc3ccc(C(C)C)cc3)c2)on1. The van der Waals surface area contributed by atoms with Crippen LogP contribution in [-0.2, 0) is 16.4 Å². The van der Waals surface area contributed by atoms with Crippen molar-refractivity contribution in [2.75, 3.05) is 4.72 Å². The molecule has 0 amide bonds. The Balaban J connectivity index is 1.80. The number of rotatable bonds is 6. The molecule has 0 spiro atoms. The smallest absolute Gasteiger partial charge is 0.271 e. The minimum absolute atomic E-state index is 0.241. The number of anilines is 1. The molecule has 0 saturated carbocycles. The topological polar surface area (TPSA) is 72.2 Å². The van der Waals surface area contributed by atoms with Gasteiger partial charge in [0.1, 0.15) is 4.21 Å². The van der Waals surface area contributed by atoms with Crippen molar-refractivity contribution in [3.05, 3.63) is 53.0 Å². The van der Waals surface area contributed by atoms with Gasteiger partial charge in [-0.15, -0.1) is 11.3 Å². The summed E-state index contributed by atoms with van der Waals surface area (Å²) in [6.07, 6.45) is 0.771. The number of sulfonamides is 1. The molecule has 1 N–H and O–H groups in total. The van der Waals surface area contributed by atoms with Crippen molar-refractivity contribution >= 4 is 27.0 Å². The van der Waals surface area contributed by atoms with Crippen molar-refractivity contribution in [1.29, 1.82) is 0 Å². The molecule has 0 bridgehead atoms. The molecule has 1 aromatic carbocycles. The van der Waals surface area contributed by atoms with E-state index < -0.39 is 10.0 Å². The normalized spacial score (nSPS) is 11.8. The number of hydrogen-bond acceptors (Lipinski definition) is 5. The van der Waals surface area contributed by atoms with Gasteiger partial charge in [0.2, 0.25) is 0 Å². The molecule has 2 heterocycles. The summed E-state index contributed by atoms with van der Waals surface area (Å²) in [6.45, 7) is 6.18. The Hall–Kier alpha value is -2.12. The highest BCUT2D eigenvalue weighted by molar-refractivity contribution is 7.94. The number of hydrogen-bond donors (Lipinski definition) is 1. The van der Waals surface area contributed by atoms with Crippen LogP contribution in [0.2, 0.25) is 0 Å². The second kappa shape index (κ2) is 7.01. The average Bonchev–Trinajstić information content (AvgIpc) is 3.24. The van der Waals surface area contributed by atoms with E-state index in [4.69, 9.17) is 4.52 Å². The predicted octanol–water partition coefficient (Wildman–Crippen LogP) is 4.89. The van der Waals surface area contributed by atoms with Crippen molar-refractivity contribution in [3.63, 3.8) is 0 Å². The van der Waals surface area contributed by atoms with Crippen LogP contribution in [0.1, 0.15) is 37.9 Å². The Labute approximate surface area is 151 Å². The maximum absolute atomic E-state index is 12.6. The minimum Gasteiger partial charge on any atom is -0.356 e. The Morgan fingerprint density at radius 2 is 1.92 bits per heavy atom. The van der Waals surface area contributed by atoms with Gasteiger partial charge in [-0.1, -0.05) is 38.1 Å². The molecule has 0 atom stereocenters.